The minimum atomic E-state index is 0.164. The highest BCUT2D eigenvalue weighted by Crippen LogP contribution is 2.28. The SMILES string of the molecule is O=C(Nc1ccc(OCCC2CCCCC2)cc1)C1CCC1. The number of ether oxygens (including phenoxy) is 1. The molecule has 2 aliphatic rings. The largest absolute Gasteiger partial charge is 0.494 e. The van der Waals surface area contributed by atoms with Crippen molar-refractivity contribution in [3.8, 4) is 5.75 Å². The zero-order valence-corrected chi connectivity index (χ0v) is 13.4. The van der Waals surface area contributed by atoms with Crippen molar-refractivity contribution in [2.45, 2.75) is 57.8 Å². The zero-order valence-electron chi connectivity index (χ0n) is 13.4. The van der Waals surface area contributed by atoms with Gasteiger partial charge in [-0.05, 0) is 49.4 Å². The molecular formula is C19H27NO2. The minimum absolute atomic E-state index is 0.164. The number of anilines is 1. The van der Waals surface area contributed by atoms with Gasteiger partial charge >= 0.3 is 0 Å². The predicted octanol–water partition coefficient (Wildman–Crippen LogP) is 4.77. The van der Waals surface area contributed by atoms with E-state index in [2.05, 4.69) is 5.32 Å². The van der Waals surface area contributed by atoms with Crippen molar-refractivity contribution < 1.29 is 9.53 Å². The Morgan fingerprint density at radius 3 is 2.36 bits per heavy atom. The Morgan fingerprint density at radius 1 is 1.00 bits per heavy atom. The summed E-state index contributed by atoms with van der Waals surface area (Å²) in [4.78, 5) is 11.9. The average molecular weight is 301 g/mol. The molecule has 3 rings (SSSR count). The molecule has 22 heavy (non-hydrogen) atoms. The van der Waals surface area contributed by atoms with Crippen LogP contribution in [0.5, 0.6) is 5.75 Å². The van der Waals surface area contributed by atoms with E-state index in [1.165, 1.54) is 44.9 Å². The molecule has 0 spiro atoms. The molecule has 0 saturated heterocycles. The molecule has 2 fully saturated rings. The van der Waals surface area contributed by atoms with Crippen LogP contribution >= 0.6 is 0 Å². The van der Waals surface area contributed by atoms with E-state index in [1.807, 2.05) is 24.3 Å². The molecule has 3 nitrogen and oxygen atoms in total. The van der Waals surface area contributed by atoms with Crippen LogP contribution < -0.4 is 10.1 Å². The fourth-order valence-corrected chi connectivity index (χ4v) is 3.37. The average Bonchev–Trinajstić information content (AvgIpc) is 2.48. The Balaban J connectivity index is 1.39. The van der Waals surface area contributed by atoms with E-state index in [9.17, 15) is 4.79 Å². The molecular weight excluding hydrogens is 274 g/mol. The van der Waals surface area contributed by atoms with Gasteiger partial charge in [0.25, 0.3) is 0 Å². The van der Waals surface area contributed by atoms with E-state index in [-0.39, 0.29) is 11.8 Å². The van der Waals surface area contributed by atoms with Crippen molar-refractivity contribution in [1.29, 1.82) is 0 Å². The highest BCUT2D eigenvalue weighted by Gasteiger charge is 2.25. The van der Waals surface area contributed by atoms with Gasteiger partial charge in [-0.15, -0.1) is 0 Å². The molecule has 1 aromatic rings. The number of nitrogens with one attached hydrogen (secondary N) is 1. The molecule has 0 aromatic heterocycles. The molecule has 2 saturated carbocycles. The maximum Gasteiger partial charge on any atom is 0.227 e. The highest BCUT2D eigenvalue weighted by atomic mass is 16.5. The van der Waals surface area contributed by atoms with Gasteiger partial charge in [-0.3, -0.25) is 4.79 Å². The first-order valence-corrected chi connectivity index (χ1v) is 8.85. The van der Waals surface area contributed by atoms with Gasteiger partial charge in [0.2, 0.25) is 5.91 Å². The van der Waals surface area contributed by atoms with Crippen LogP contribution in [0.3, 0.4) is 0 Å². The van der Waals surface area contributed by atoms with Gasteiger partial charge < -0.3 is 10.1 Å². The van der Waals surface area contributed by atoms with Crippen LogP contribution in [0, 0.1) is 11.8 Å². The van der Waals surface area contributed by atoms with Gasteiger partial charge in [0.05, 0.1) is 6.61 Å². The van der Waals surface area contributed by atoms with Crippen LogP contribution in [0.25, 0.3) is 0 Å². The van der Waals surface area contributed by atoms with Crippen molar-refractivity contribution in [1.82, 2.24) is 0 Å². The van der Waals surface area contributed by atoms with Crippen molar-refractivity contribution >= 4 is 11.6 Å². The monoisotopic (exact) mass is 301 g/mol. The Bertz CT molecular complexity index is 473. The van der Waals surface area contributed by atoms with Crippen LogP contribution in [-0.2, 0) is 4.79 Å². The Morgan fingerprint density at radius 2 is 1.73 bits per heavy atom. The van der Waals surface area contributed by atoms with Crippen molar-refractivity contribution in [2.75, 3.05) is 11.9 Å². The predicted molar refractivity (Wildman–Crippen MR) is 89.1 cm³/mol. The summed E-state index contributed by atoms with van der Waals surface area (Å²) in [5.74, 6) is 2.15. The summed E-state index contributed by atoms with van der Waals surface area (Å²) in [7, 11) is 0. The van der Waals surface area contributed by atoms with Gasteiger partial charge in [0.15, 0.2) is 0 Å². The molecule has 3 heteroatoms. The second-order valence-electron chi connectivity index (χ2n) is 6.78. The van der Waals surface area contributed by atoms with E-state index in [0.717, 1.165) is 36.8 Å². The van der Waals surface area contributed by atoms with E-state index >= 15 is 0 Å². The first kappa shape index (κ1) is 15.4. The fourth-order valence-electron chi connectivity index (χ4n) is 3.37. The van der Waals surface area contributed by atoms with Gasteiger partial charge in [0.1, 0.15) is 5.75 Å². The number of benzene rings is 1. The number of carbonyl (C=O) groups excluding carboxylic acids is 1. The van der Waals surface area contributed by atoms with E-state index < -0.39 is 0 Å². The third-order valence-corrected chi connectivity index (χ3v) is 5.12. The summed E-state index contributed by atoms with van der Waals surface area (Å²) in [6, 6.07) is 7.79. The van der Waals surface area contributed by atoms with Crippen LogP contribution in [0.1, 0.15) is 57.8 Å². The molecule has 0 heterocycles. The number of carbonyl (C=O) groups is 1. The normalized spacial score (nSPS) is 19.5. The Labute approximate surface area is 133 Å². The van der Waals surface area contributed by atoms with Crippen molar-refractivity contribution in [3.05, 3.63) is 24.3 Å². The van der Waals surface area contributed by atoms with Crippen LogP contribution in [0.4, 0.5) is 5.69 Å². The lowest BCUT2D eigenvalue weighted by atomic mass is 9.85. The van der Waals surface area contributed by atoms with E-state index in [0.29, 0.717) is 0 Å². The first-order chi connectivity index (χ1) is 10.8. The number of amides is 1. The lowest BCUT2D eigenvalue weighted by Gasteiger charge is -2.24. The molecule has 0 atom stereocenters. The van der Waals surface area contributed by atoms with Gasteiger partial charge in [-0.1, -0.05) is 38.5 Å². The summed E-state index contributed by atoms with van der Waals surface area (Å²) < 4.78 is 5.84. The molecule has 2 aliphatic carbocycles. The minimum Gasteiger partial charge on any atom is -0.494 e. The molecule has 1 N–H and O–H groups in total. The second kappa shape index (κ2) is 7.66. The second-order valence-corrected chi connectivity index (χ2v) is 6.78. The summed E-state index contributed by atoms with van der Waals surface area (Å²) in [5.41, 5.74) is 0.872. The van der Waals surface area contributed by atoms with Crippen LogP contribution in [-0.4, -0.2) is 12.5 Å². The summed E-state index contributed by atoms with van der Waals surface area (Å²) in [5, 5.41) is 2.98. The summed E-state index contributed by atoms with van der Waals surface area (Å²) in [6.45, 7) is 0.804. The standard InChI is InChI=1S/C19H27NO2/c21-19(16-7-4-8-16)20-17-9-11-18(12-10-17)22-14-13-15-5-2-1-3-6-15/h9-12,15-16H,1-8,13-14H2,(H,20,21). The van der Waals surface area contributed by atoms with Crippen LogP contribution in [0.15, 0.2) is 24.3 Å². The molecule has 0 radical (unpaired) electrons. The molecule has 0 bridgehead atoms. The first-order valence-electron chi connectivity index (χ1n) is 8.85. The van der Waals surface area contributed by atoms with Crippen molar-refractivity contribution in [2.24, 2.45) is 11.8 Å². The van der Waals surface area contributed by atoms with E-state index in [1.54, 1.807) is 0 Å². The lowest BCUT2D eigenvalue weighted by Crippen LogP contribution is -2.27. The quantitative estimate of drug-likeness (QED) is 0.821. The van der Waals surface area contributed by atoms with Gasteiger partial charge in [-0.25, -0.2) is 0 Å². The maximum atomic E-state index is 11.9. The number of rotatable bonds is 6. The third kappa shape index (κ3) is 4.25. The van der Waals surface area contributed by atoms with E-state index in [4.69, 9.17) is 4.74 Å². The Hall–Kier alpha value is -1.51. The molecule has 0 aliphatic heterocycles. The molecule has 120 valence electrons. The Kier molecular flexibility index (Phi) is 5.36. The molecule has 0 unspecified atom stereocenters. The number of hydrogen-bond donors (Lipinski definition) is 1. The zero-order chi connectivity index (χ0) is 15.2. The third-order valence-electron chi connectivity index (χ3n) is 5.12. The lowest BCUT2D eigenvalue weighted by molar-refractivity contribution is -0.122. The summed E-state index contributed by atoms with van der Waals surface area (Å²) in [6.07, 6.45) is 11.4. The van der Waals surface area contributed by atoms with Crippen LogP contribution in [0.2, 0.25) is 0 Å². The smallest absolute Gasteiger partial charge is 0.227 e. The van der Waals surface area contributed by atoms with Gasteiger partial charge in [0, 0.05) is 11.6 Å². The van der Waals surface area contributed by atoms with Crippen molar-refractivity contribution in [3.63, 3.8) is 0 Å². The number of hydrogen-bond acceptors (Lipinski definition) is 2. The topological polar surface area (TPSA) is 38.3 Å². The highest BCUT2D eigenvalue weighted by molar-refractivity contribution is 5.93. The maximum absolute atomic E-state index is 11.9. The fraction of sp³-hybridized carbons (Fsp3) is 0.632. The summed E-state index contributed by atoms with van der Waals surface area (Å²) >= 11 is 0. The molecule has 1 amide bonds. The molecule has 1 aromatic carbocycles. The van der Waals surface area contributed by atoms with Gasteiger partial charge in [-0.2, -0.15) is 0 Å².